The van der Waals surface area contributed by atoms with Crippen molar-refractivity contribution in [2.45, 2.75) is 12.8 Å². The van der Waals surface area contributed by atoms with E-state index in [2.05, 4.69) is 5.32 Å². The molecule has 3 N–H and O–H groups in total. The molecule has 1 fully saturated rings. The summed E-state index contributed by atoms with van der Waals surface area (Å²) in [4.78, 5) is 12.0. The highest BCUT2D eigenvalue weighted by atomic mass is 16.5. The molecule has 0 unspecified atom stereocenters. The third-order valence-corrected chi connectivity index (χ3v) is 3.31. The van der Waals surface area contributed by atoms with Gasteiger partial charge >= 0.3 is 0 Å². The minimum Gasteiger partial charge on any atom is -0.494 e. The molecule has 1 aliphatic heterocycles. The maximum absolute atomic E-state index is 12.0. The fourth-order valence-corrected chi connectivity index (χ4v) is 2.06. The molecule has 0 aromatic heterocycles. The van der Waals surface area contributed by atoms with E-state index in [9.17, 15) is 4.79 Å². The summed E-state index contributed by atoms with van der Waals surface area (Å²) >= 11 is 0. The summed E-state index contributed by atoms with van der Waals surface area (Å²) in [6.45, 7) is 3.44. The zero-order valence-corrected chi connectivity index (χ0v) is 11.6. The number of nitrogens with two attached hydrogens (primary N) is 1. The average Bonchev–Trinajstić information content (AvgIpc) is 2.99. The molecule has 0 aliphatic carbocycles. The number of amides is 1. The third-order valence-electron chi connectivity index (χ3n) is 3.31. The van der Waals surface area contributed by atoms with E-state index in [0.29, 0.717) is 31.2 Å². The van der Waals surface area contributed by atoms with Crippen LogP contribution in [0.15, 0.2) is 24.3 Å². The molecule has 2 rings (SSSR count). The number of benzene rings is 1. The normalized spacial score (nSPS) is 17.9. The molecular formula is C15H22N2O3. The maximum Gasteiger partial charge on any atom is 0.251 e. The maximum atomic E-state index is 12.0. The van der Waals surface area contributed by atoms with Crippen molar-refractivity contribution in [3.63, 3.8) is 0 Å². The summed E-state index contributed by atoms with van der Waals surface area (Å²) in [5.74, 6) is 1.16. The van der Waals surface area contributed by atoms with Gasteiger partial charge in [-0.3, -0.25) is 4.79 Å². The number of carbonyl (C=O) groups is 1. The van der Waals surface area contributed by atoms with Crippen molar-refractivity contribution in [1.29, 1.82) is 0 Å². The zero-order valence-electron chi connectivity index (χ0n) is 11.6. The van der Waals surface area contributed by atoms with E-state index in [1.165, 1.54) is 0 Å². The van der Waals surface area contributed by atoms with Crippen LogP contribution in [-0.4, -0.2) is 38.8 Å². The van der Waals surface area contributed by atoms with Crippen LogP contribution in [0.4, 0.5) is 0 Å². The second-order valence-corrected chi connectivity index (χ2v) is 4.95. The van der Waals surface area contributed by atoms with Gasteiger partial charge < -0.3 is 20.5 Å². The Balaban J connectivity index is 1.77. The quantitative estimate of drug-likeness (QED) is 0.735. The first-order valence-electron chi connectivity index (χ1n) is 7.08. The summed E-state index contributed by atoms with van der Waals surface area (Å²) in [5.41, 5.74) is 6.05. The van der Waals surface area contributed by atoms with Crippen molar-refractivity contribution in [2.75, 3.05) is 32.9 Å². The van der Waals surface area contributed by atoms with E-state index in [4.69, 9.17) is 15.2 Å². The number of nitrogens with one attached hydrogen (secondary N) is 1. The average molecular weight is 278 g/mol. The standard InChI is InChI=1S/C15H22N2O3/c16-7-1-8-20-14-4-2-13(3-5-14)15(18)17-10-12-6-9-19-11-12/h2-5,12H,1,6-11,16H2,(H,17,18)/t12-/m0/s1. The van der Waals surface area contributed by atoms with Crippen molar-refractivity contribution in [2.24, 2.45) is 11.7 Å². The van der Waals surface area contributed by atoms with Gasteiger partial charge in [-0.2, -0.15) is 0 Å². The molecule has 1 aromatic carbocycles. The molecule has 110 valence electrons. The second kappa shape index (κ2) is 7.87. The summed E-state index contributed by atoms with van der Waals surface area (Å²) in [7, 11) is 0. The lowest BCUT2D eigenvalue weighted by Crippen LogP contribution is -2.29. The Morgan fingerprint density at radius 1 is 1.40 bits per heavy atom. The van der Waals surface area contributed by atoms with Gasteiger partial charge in [-0.1, -0.05) is 0 Å². The molecule has 0 radical (unpaired) electrons. The summed E-state index contributed by atoms with van der Waals surface area (Å²) < 4.78 is 10.8. The fraction of sp³-hybridized carbons (Fsp3) is 0.533. The van der Waals surface area contributed by atoms with Crippen LogP contribution in [-0.2, 0) is 4.74 Å². The van der Waals surface area contributed by atoms with Gasteiger partial charge in [0.25, 0.3) is 5.91 Å². The van der Waals surface area contributed by atoms with E-state index in [1.54, 1.807) is 12.1 Å². The minimum atomic E-state index is -0.0505. The van der Waals surface area contributed by atoms with Crippen LogP contribution in [0.2, 0.25) is 0 Å². The summed E-state index contributed by atoms with van der Waals surface area (Å²) in [6, 6.07) is 7.17. The van der Waals surface area contributed by atoms with Crippen LogP contribution in [0.5, 0.6) is 5.75 Å². The van der Waals surface area contributed by atoms with Crippen molar-refractivity contribution in [3.05, 3.63) is 29.8 Å². The van der Waals surface area contributed by atoms with Gasteiger partial charge in [0.15, 0.2) is 0 Å². The molecule has 20 heavy (non-hydrogen) atoms. The van der Waals surface area contributed by atoms with E-state index in [-0.39, 0.29) is 5.91 Å². The molecule has 0 bridgehead atoms. The van der Waals surface area contributed by atoms with Crippen molar-refractivity contribution in [3.8, 4) is 5.75 Å². The largest absolute Gasteiger partial charge is 0.494 e. The van der Waals surface area contributed by atoms with Crippen LogP contribution in [0.1, 0.15) is 23.2 Å². The van der Waals surface area contributed by atoms with Crippen LogP contribution in [0, 0.1) is 5.92 Å². The zero-order chi connectivity index (χ0) is 14.2. The van der Waals surface area contributed by atoms with Crippen molar-refractivity contribution >= 4 is 5.91 Å². The Morgan fingerprint density at radius 2 is 2.20 bits per heavy atom. The van der Waals surface area contributed by atoms with E-state index in [0.717, 1.165) is 31.8 Å². The predicted octanol–water partition coefficient (Wildman–Crippen LogP) is 1.18. The van der Waals surface area contributed by atoms with E-state index < -0.39 is 0 Å². The van der Waals surface area contributed by atoms with Crippen LogP contribution < -0.4 is 15.8 Å². The lowest BCUT2D eigenvalue weighted by Gasteiger charge is -2.10. The van der Waals surface area contributed by atoms with E-state index in [1.807, 2.05) is 12.1 Å². The minimum absolute atomic E-state index is 0.0505. The number of carbonyl (C=O) groups excluding carboxylic acids is 1. The smallest absolute Gasteiger partial charge is 0.251 e. The molecule has 0 saturated carbocycles. The highest BCUT2D eigenvalue weighted by molar-refractivity contribution is 5.94. The third kappa shape index (κ3) is 4.51. The Morgan fingerprint density at radius 3 is 2.85 bits per heavy atom. The van der Waals surface area contributed by atoms with Crippen LogP contribution in [0.25, 0.3) is 0 Å². The number of hydrogen-bond acceptors (Lipinski definition) is 4. The Bertz CT molecular complexity index is 414. The lowest BCUT2D eigenvalue weighted by molar-refractivity contribution is 0.0945. The molecule has 1 aromatic rings. The second-order valence-electron chi connectivity index (χ2n) is 4.95. The van der Waals surface area contributed by atoms with Crippen LogP contribution in [0.3, 0.4) is 0 Å². The van der Waals surface area contributed by atoms with Gasteiger partial charge in [0.2, 0.25) is 0 Å². The van der Waals surface area contributed by atoms with Gasteiger partial charge in [0.05, 0.1) is 13.2 Å². The Labute approximate surface area is 119 Å². The Hall–Kier alpha value is -1.59. The lowest BCUT2D eigenvalue weighted by atomic mass is 10.1. The molecule has 1 saturated heterocycles. The number of ether oxygens (including phenoxy) is 2. The van der Waals surface area contributed by atoms with Crippen molar-refractivity contribution in [1.82, 2.24) is 5.32 Å². The van der Waals surface area contributed by atoms with Gasteiger partial charge in [0.1, 0.15) is 5.75 Å². The van der Waals surface area contributed by atoms with Gasteiger partial charge in [-0.15, -0.1) is 0 Å². The molecule has 1 heterocycles. The predicted molar refractivity (Wildman–Crippen MR) is 76.9 cm³/mol. The SMILES string of the molecule is NCCCOc1ccc(C(=O)NC[C@@H]2CCOC2)cc1. The molecule has 1 atom stereocenters. The topological polar surface area (TPSA) is 73.6 Å². The highest BCUT2D eigenvalue weighted by Crippen LogP contribution is 2.13. The summed E-state index contributed by atoms with van der Waals surface area (Å²) in [5, 5.41) is 2.94. The van der Waals surface area contributed by atoms with Crippen LogP contribution >= 0.6 is 0 Å². The van der Waals surface area contributed by atoms with Gasteiger partial charge in [-0.05, 0) is 43.7 Å². The number of hydrogen-bond donors (Lipinski definition) is 2. The first-order valence-corrected chi connectivity index (χ1v) is 7.08. The number of rotatable bonds is 7. The first-order chi connectivity index (χ1) is 9.79. The molecule has 5 nitrogen and oxygen atoms in total. The molecule has 1 aliphatic rings. The molecule has 1 amide bonds. The summed E-state index contributed by atoms with van der Waals surface area (Å²) in [6.07, 6.45) is 1.85. The first kappa shape index (κ1) is 14.8. The van der Waals surface area contributed by atoms with Gasteiger partial charge in [-0.25, -0.2) is 0 Å². The monoisotopic (exact) mass is 278 g/mol. The molecule has 0 spiro atoms. The van der Waals surface area contributed by atoms with Gasteiger partial charge in [0, 0.05) is 24.6 Å². The Kier molecular flexibility index (Phi) is 5.83. The highest BCUT2D eigenvalue weighted by Gasteiger charge is 2.16. The van der Waals surface area contributed by atoms with Crippen molar-refractivity contribution < 1.29 is 14.3 Å². The molecule has 5 heteroatoms. The van der Waals surface area contributed by atoms with E-state index >= 15 is 0 Å². The molecular weight excluding hydrogens is 256 g/mol. The fourth-order valence-electron chi connectivity index (χ4n) is 2.06.